The van der Waals surface area contributed by atoms with Crippen LogP contribution in [0.2, 0.25) is 0 Å². The van der Waals surface area contributed by atoms with E-state index in [1.54, 1.807) is 23.5 Å². The molecule has 1 saturated carbocycles. The van der Waals surface area contributed by atoms with Crippen LogP contribution in [0.5, 0.6) is 0 Å². The van der Waals surface area contributed by atoms with Gasteiger partial charge < -0.3 is 10.6 Å². The summed E-state index contributed by atoms with van der Waals surface area (Å²) in [5.41, 5.74) is 3.76. The average molecular weight is 509 g/mol. The van der Waals surface area contributed by atoms with E-state index in [0.717, 1.165) is 60.9 Å². The van der Waals surface area contributed by atoms with Crippen LogP contribution in [-0.4, -0.2) is 40.9 Å². The molecule has 2 aliphatic rings. The third-order valence-electron chi connectivity index (χ3n) is 5.86. The minimum atomic E-state index is -0.408. The fraction of sp³-hybridized carbons (Fsp3) is 0.320. The molecule has 0 bridgehead atoms. The van der Waals surface area contributed by atoms with Crippen molar-refractivity contribution in [3.05, 3.63) is 63.5 Å². The second kappa shape index (κ2) is 12.1. The number of allylic oxidation sites excluding steroid dienone is 2. The van der Waals surface area contributed by atoms with Gasteiger partial charge in [-0.05, 0) is 80.7 Å². The van der Waals surface area contributed by atoms with Gasteiger partial charge in [-0.2, -0.15) is 11.3 Å². The zero-order valence-corrected chi connectivity index (χ0v) is 21.1. The van der Waals surface area contributed by atoms with Crippen molar-refractivity contribution in [2.24, 2.45) is 9.98 Å². The van der Waals surface area contributed by atoms with Gasteiger partial charge in [-0.15, -0.1) is 0 Å². The standard InChI is InChI=1S/C25H28N6O2S2/c1-3-17(13-22-23(32)31-25(33)35-22)29-24(26-2)30-19-9-7-18(8-10-19)27-14-20-5-4-6-21(28-20)16-11-12-34-15-16/h3-6,11-13,15,18-19,27H,2,7-10,14H2,1H3,(H,29,30)(H,31,32,33)/b17-3-,22-13-/t18-,19-. The number of thioether (sulfide) groups is 1. The number of nitrogens with one attached hydrogen (secondary N) is 3. The summed E-state index contributed by atoms with van der Waals surface area (Å²) in [4.78, 5) is 36.8. The van der Waals surface area contributed by atoms with Gasteiger partial charge in [0.15, 0.2) is 0 Å². The van der Waals surface area contributed by atoms with Crippen LogP contribution >= 0.6 is 23.1 Å². The van der Waals surface area contributed by atoms with Crippen molar-refractivity contribution in [1.82, 2.24) is 20.9 Å². The maximum absolute atomic E-state index is 11.8. The van der Waals surface area contributed by atoms with E-state index in [-0.39, 0.29) is 11.3 Å². The average Bonchev–Trinajstić information content (AvgIpc) is 3.52. The first-order chi connectivity index (χ1) is 17.0. The Morgan fingerprint density at radius 2 is 2.03 bits per heavy atom. The molecular weight excluding hydrogens is 480 g/mol. The molecule has 1 aliphatic heterocycles. The van der Waals surface area contributed by atoms with Crippen molar-refractivity contribution in [1.29, 1.82) is 0 Å². The molecule has 4 rings (SSSR count). The van der Waals surface area contributed by atoms with Crippen LogP contribution in [-0.2, 0) is 11.3 Å². The highest BCUT2D eigenvalue weighted by atomic mass is 32.2. The Morgan fingerprint density at radius 3 is 2.69 bits per heavy atom. The smallest absolute Gasteiger partial charge is 0.290 e. The summed E-state index contributed by atoms with van der Waals surface area (Å²) in [6.45, 7) is 6.19. The minimum Gasteiger partial charge on any atom is -0.351 e. The van der Waals surface area contributed by atoms with Crippen LogP contribution in [0.15, 0.2) is 67.8 Å². The maximum atomic E-state index is 11.8. The Balaban J connectivity index is 1.27. The summed E-state index contributed by atoms with van der Waals surface area (Å²) in [6.07, 6.45) is 7.37. The van der Waals surface area contributed by atoms with Crippen molar-refractivity contribution in [3.63, 3.8) is 0 Å². The first-order valence-electron chi connectivity index (χ1n) is 11.5. The number of aliphatic imine (C=N–C) groups is 2. The van der Waals surface area contributed by atoms with Crippen molar-refractivity contribution in [2.45, 2.75) is 51.2 Å². The Kier molecular flexibility index (Phi) is 8.62. The lowest BCUT2D eigenvalue weighted by atomic mass is 9.91. The summed E-state index contributed by atoms with van der Waals surface area (Å²) in [5, 5.41) is 13.1. The van der Waals surface area contributed by atoms with E-state index >= 15 is 0 Å². The summed E-state index contributed by atoms with van der Waals surface area (Å²) >= 11 is 2.54. The van der Waals surface area contributed by atoms with Crippen molar-refractivity contribution >= 4 is 46.9 Å². The third kappa shape index (κ3) is 6.97. The van der Waals surface area contributed by atoms with Gasteiger partial charge in [-0.1, -0.05) is 12.1 Å². The van der Waals surface area contributed by atoms with Crippen LogP contribution in [0.4, 0.5) is 4.79 Å². The number of carbonyl (C=O) groups excluding carboxylic acids is 2. The lowest BCUT2D eigenvalue weighted by Gasteiger charge is -2.30. The fourth-order valence-electron chi connectivity index (χ4n) is 3.99. The predicted octanol–water partition coefficient (Wildman–Crippen LogP) is 4.63. The molecule has 182 valence electrons. The molecule has 1 aliphatic carbocycles. The number of rotatable bonds is 7. The van der Waals surface area contributed by atoms with E-state index in [1.165, 1.54) is 0 Å². The quantitative estimate of drug-likeness (QED) is 0.286. The summed E-state index contributed by atoms with van der Waals surface area (Å²) in [6, 6.07) is 8.94. The minimum absolute atomic E-state index is 0.244. The van der Waals surface area contributed by atoms with Crippen LogP contribution in [0, 0.1) is 0 Å². The molecule has 2 aromatic rings. The number of imide groups is 1. The van der Waals surface area contributed by atoms with Gasteiger partial charge in [0.25, 0.3) is 11.1 Å². The lowest BCUT2D eigenvalue weighted by Crippen LogP contribution is -2.41. The van der Waals surface area contributed by atoms with Gasteiger partial charge in [0.05, 0.1) is 22.0 Å². The van der Waals surface area contributed by atoms with Crippen LogP contribution < -0.4 is 16.0 Å². The topological polar surface area (TPSA) is 108 Å². The lowest BCUT2D eigenvalue weighted by molar-refractivity contribution is -0.115. The van der Waals surface area contributed by atoms with Crippen molar-refractivity contribution in [3.8, 4) is 11.3 Å². The Labute approximate surface area is 213 Å². The van der Waals surface area contributed by atoms with E-state index < -0.39 is 5.91 Å². The van der Waals surface area contributed by atoms with Crippen molar-refractivity contribution < 1.29 is 9.59 Å². The number of thiophene rings is 1. The Morgan fingerprint density at radius 1 is 1.23 bits per heavy atom. The Bertz CT molecular complexity index is 1160. The number of nitrogens with zero attached hydrogens (tertiary/aromatic N) is 3. The highest BCUT2D eigenvalue weighted by molar-refractivity contribution is 8.18. The van der Waals surface area contributed by atoms with Gasteiger partial charge >= 0.3 is 0 Å². The van der Waals surface area contributed by atoms with Gasteiger partial charge in [0, 0.05) is 29.6 Å². The molecule has 2 fully saturated rings. The first kappa shape index (κ1) is 25.0. The van der Waals surface area contributed by atoms with Gasteiger partial charge in [0.1, 0.15) is 0 Å². The zero-order chi connectivity index (χ0) is 24.6. The summed E-state index contributed by atoms with van der Waals surface area (Å²) in [5.74, 6) is 0.00497. The molecule has 3 heterocycles. The number of hydrogen-bond acceptors (Lipinski definition) is 7. The highest BCUT2D eigenvalue weighted by Crippen LogP contribution is 2.25. The molecule has 1 saturated heterocycles. The maximum Gasteiger partial charge on any atom is 0.290 e. The first-order valence-corrected chi connectivity index (χ1v) is 13.2. The van der Waals surface area contributed by atoms with Crippen LogP contribution in [0.25, 0.3) is 11.3 Å². The Hall–Kier alpha value is -3.08. The highest BCUT2D eigenvalue weighted by Gasteiger charge is 2.25. The van der Waals surface area contributed by atoms with E-state index in [0.29, 0.717) is 22.6 Å². The summed E-state index contributed by atoms with van der Waals surface area (Å²) in [7, 11) is 0. The second-order valence-corrected chi connectivity index (χ2v) is 10.1. The molecule has 0 aromatic carbocycles. The second-order valence-electron chi connectivity index (χ2n) is 8.26. The predicted molar refractivity (Wildman–Crippen MR) is 144 cm³/mol. The largest absolute Gasteiger partial charge is 0.351 e. The third-order valence-corrected chi connectivity index (χ3v) is 7.35. The van der Waals surface area contributed by atoms with Gasteiger partial charge in [0.2, 0.25) is 5.96 Å². The molecule has 0 atom stereocenters. The van der Waals surface area contributed by atoms with Gasteiger partial charge in [-0.25, -0.2) is 9.98 Å². The number of hydrogen-bond donors (Lipinski definition) is 3. The monoisotopic (exact) mass is 508 g/mol. The number of carbonyl (C=O) groups is 2. The SMILES string of the molecule is C=N\C(=N/C(=C\C)/C=C1\SC(=O)NC1=O)N[C@H]1CC[C@H](NCc2cccc(-c3ccsc3)n2)CC1. The number of pyridine rings is 1. The van der Waals surface area contributed by atoms with E-state index in [4.69, 9.17) is 4.98 Å². The molecule has 35 heavy (non-hydrogen) atoms. The van der Waals surface area contributed by atoms with Crippen LogP contribution in [0.3, 0.4) is 0 Å². The number of amides is 2. The molecule has 10 heteroatoms. The number of guanidine groups is 1. The molecule has 2 amide bonds. The molecule has 8 nitrogen and oxygen atoms in total. The summed E-state index contributed by atoms with van der Waals surface area (Å²) < 4.78 is 0. The molecule has 2 aromatic heterocycles. The zero-order valence-electron chi connectivity index (χ0n) is 19.5. The van der Waals surface area contributed by atoms with E-state index in [9.17, 15) is 9.59 Å². The number of aromatic nitrogens is 1. The van der Waals surface area contributed by atoms with Gasteiger partial charge in [-0.3, -0.25) is 19.9 Å². The van der Waals surface area contributed by atoms with Crippen molar-refractivity contribution in [2.75, 3.05) is 0 Å². The van der Waals surface area contributed by atoms with E-state index in [1.807, 2.05) is 13.0 Å². The molecule has 0 unspecified atom stereocenters. The molecule has 3 N–H and O–H groups in total. The fourth-order valence-corrected chi connectivity index (χ4v) is 5.31. The molecular formula is C25H28N6O2S2. The van der Waals surface area contributed by atoms with Crippen LogP contribution in [0.1, 0.15) is 38.3 Å². The molecule has 0 radical (unpaired) electrons. The van der Waals surface area contributed by atoms with E-state index in [2.05, 4.69) is 61.6 Å². The normalized spacial score (nSPS) is 22.4. The molecule has 0 spiro atoms.